The second-order valence-corrected chi connectivity index (χ2v) is 6.84. The Morgan fingerprint density at radius 3 is 2.26 bits per heavy atom. The van der Waals surface area contributed by atoms with Crippen LogP contribution in [0.15, 0.2) is 48.2 Å². The Labute approximate surface area is 155 Å². The van der Waals surface area contributed by atoms with Gasteiger partial charge < -0.3 is 9.64 Å². The minimum absolute atomic E-state index is 0.0480. The maximum absolute atomic E-state index is 14.1. The monoisotopic (exact) mass is 373 g/mol. The number of halogens is 3. The van der Waals surface area contributed by atoms with Gasteiger partial charge in [-0.3, -0.25) is 0 Å². The number of carbonyl (C=O) groups excluding carboxylic acids is 1. The number of esters is 1. The number of hydrogen-bond donors (Lipinski definition) is 0. The van der Waals surface area contributed by atoms with Gasteiger partial charge in [-0.05, 0) is 37.1 Å². The molecule has 0 saturated carbocycles. The van der Waals surface area contributed by atoms with Gasteiger partial charge in [-0.25, -0.2) is 18.0 Å². The SMILES string of the molecule is O=C(O[C@H]1/C(=C/c2ccccc2F)N2CCC1CC2)c1c(F)cccc1F. The van der Waals surface area contributed by atoms with Crippen LogP contribution in [0.25, 0.3) is 6.08 Å². The van der Waals surface area contributed by atoms with Crippen LogP contribution in [0, 0.1) is 23.4 Å². The first kappa shape index (κ1) is 17.6. The van der Waals surface area contributed by atoms with Crippen LogP contribution in [0.5, 0.6) is 0 Å². The topological polar surface area (TPSA) is 29.5 Å². The number of ether oxygens (including phenoxy) is 1. The van der Waals surface area contributed by atoms with Crippen molar-refractivity contribution in [2.75, 3.05) is 13.1 Å². The van der Waals surface area contributed by atoms with Gasteiger partial charge in [0.1, 0.15) is 29.1 Å². The first-order valence-electron chi connectivity index (χ1n) is 8.90. The van der Waals surface area contributed by atoms with E-state index in [1.165, 1.54) is 12.1 Å². The zero-order chi connectivity index (χ0) is 19.0. The molecule has 3 fully saturated rings. The van der Waals surface area contributed by atoms with Gasteiger partial charge >= 0.3 is 5.97 Å². The number of nitrogens with zero attached hydrogens (tertiary/aromatic N) is 1. The quantitative estimate of drug-likeness (QED) is 0.747. The molecule has 140 valence electrons. The van der Waals surface area contributed by atoms with E-state index in [0.717, 1.165) is 38.1 Å². The molecule has 0 N–H and O–H groups in total. The van der Waals surface area contributed by atoms with Crippen molar-refractivity contribution in [1.29, 1.82) is 0 Å². The number of fused-ring (bicyclic) bond motifs is 3. The van der Waals surface area contributed by atoms with Crippen molar-refractivity contribution in [3.05, 3.63) is 76.7 Å². The number of rotatable bonds is 3. The fourth-order valence-electron chi connectivity index (χ4n) is 3.83. The van der Waals surface area contributed by atoms with Crippen LogP contribution >= 0.6 is 0 Å². The fraction of sp³-hybridized carbons (Fsp3) is 0.286. The third kappa shape index (κ3) is 3.31. The first-order chi connectivity index (χ1) is 13.0. The lowest BCUT2D eigenvalue weighted by atomic mass is 9.82. The van der Waals surface area contributed by atoms with E-state index in [-0.39, 0.29) is 11.7 Å². The Morgan fingerprint density at radius 2 is 1.59 bits per heavy atom. The first-order valence-corrected chi connectivity index (χ1v) is 8.90. The highest BCUT2D eigenvalue weighted by molar-refractivity contribution is 5.90. The molecule has 2 bridgehead atoms. The minimum Gasteiger partial charge on any atom is -0.452 e. The molecule has 2 aromatic rings. The molecule has 0 aromatic heterocycles. The second kappa shape index (κ2) is 7.10. The Hall–Kier alpha value is -2.76. The van der Waals surface area contributed by atoms with Crippen LogP contribution in [-0.4, -0.2) is 30.1 Å². The summed E-state index contributed by atoms with van der Waals surface area (Å²) in [5.41, 5.74) is 0.366. The van der Waals surface area contributed by atoms with Gasteiger partial charge in [0, 0.05) is 24.6 Å². The van der Waals surface area contributed by atoms with Gasteiger partial charge in [0.15, 0.2) is 0 Å². The molecule has 0 spiro atoms. The normalized spacial score (nSPS) is 22.9. The van der Waals surface area contributed by atoms with E-state index >= 15 is 0 Å². The third-order valence-corrected chi connectivity index (χ3v) is 5.23. The van der Waals surface area contributed by atoms with Crippen LogP contribution in [0.3, 0.4) is 0 Å². The van der Waals surface area contributed by atoms with E-state index in [2.05, 4.69) is 0 Å². The molecule has 3 aliphatic heterocycles. The van der Waals surface area contributed by atoms with E-state index < -0.39 is 29.3 Å². The zero-order valence-electron chi connectivity index (χ0n) is 14.5. The summed E-state index contributed by atoms with van der Waals surface area (Å²) in [6.07, 6.45) is 2.63. The number of benzene rings is 2. The Morgan fingerprint density at radius 1 is 0.963 bits per heavy atom. The van der Waals surface area contributed by atoms with Gasteiger partial charge in [0.25, 0.3) is 0 Å². The average Bonchev–Trinajstić information content (AvgIpc) is 2.66. The van der Waals surface area contributed by atoms with Gasteiger partial charge in [-0.2, -0.15) is 0 Å². The van der Waals surface area contributed by atoms with Crippen molar-refractivity contribution in [2.45, 2.75) is 18.9 Å². The molecule has 1 atom stereocenters. The minimum atomic E-state index is -1.04. The molecule has 0 unspecified atom stereocenters. The molecule has 0 aliphatic carbocycles. The molecular formula is C21H18F3NO2. The molecule has 2 aromatic carbocycles. The van der Waals surface area contributed by atoms with Crippen molar-refractivity contribution >= 4 is 12.0 Å². The second-order valence-electron chi connectivity index (χ2n) is 6.84. The van der Waals surface area contributed by atoms with E-state index in [1.807, 2.05) is 4.90 Å². The number of hydrogen-bond acceptors (Lipinski definition) is 3. The Balaban J connectivity index is 1.67. The molecule has 3 saturated heterocycles. The summed E-state index contributed by atoms with van der Waals surface area (Å²) in [5.74, 6) is -3.28. The molecule has 0 radical (unpaired) electrons. The largest absolute Gasteiger partial charge is 0.452 e. The standard InChI is InChI=1S/C21H18F3NO2/c22-15-5-2-1-4-14(15)12-18-20(13-8-10-25(18)11-9-13)27-21(26)19-16(23)6-3-7-17(19)24/h1-7,12-13,20H,8-11H2/b18-12-/t20-/m1/s1. The van der Waals surface area contributed by atoms with Crippen molar-refractivity contribution in [3.8, 4) is 0 Å². The number of carbonyl (C=O) groups is 1. The maximum atomic E-state index is 14.1. The summed E-state index contributed by atoms with van der Waals surface area (Å²) < 4.78 is 47.5. The maximum Gasteiger partial charge on any atom is 0.344 e. The fourth-order valence-corrected chi connectivity index (χ4v) is 3.83. The lowest BCUT2D eigenvalue weighted by molar-refractivity contribution is -0.0168. The van der Waals surface area contributed by atoms with E-state index in [4.69, 9.17) is 4.74 Å². The Bertz CT molecular complexity index is 884. The summed E-state index contributed by atoms with van der Waals surface area (Å²) in [6, 6.07) is 9.56. The van der Waals surface area contributed by atoms with Crippen molar-refractivity contribution in [3.63, 3.8) is 0 Å². The third-order valence-electron chi connectivity index (χ3n) is 5.23. The van der Waals surface area contributed by atoms with Crippen LogP contribution in [0.2, 0.25) is 0 Å². The van der Waals surface area contributed by atoms with Crippen molar-refractivity contribution in [1.82, 2.24) is 4.90 Å². The van der Waals surface area contributed by atoms with E-state index in [0.29, 0.717) is 11.3 Å². The van der Waals surface area contributed by atoms with E-state index in [9.17, 15) is 18.0 Å². The smallest absolute Gasteiger partial charge is 0.344 e. The van der Waals surface area contributed by atoms with Gasteiger partial charge in [0.05, 0.1) is 5.70 Å². The van der Waals surface area contributed by atoms with Gasteiger partial charge in [0.2, 0.25) is 0 Å². The van der Waals surface area contributed by atoms with Crippen LogP contribution in [0.1, 0.15) is 28.8 Å². The molecule has 3 nitrogen and oxygen atoms in total. The predicted molar refractivity (Wildman–Crippen MR) is 94.2 cm³/mol. The molecule has 0 amide bonds. The molecule has 6 heteroatoms. The van der Waals surface area contributed by atoms with Crippen LogP contribution in [0.4, 0.5) is 13.2 Å². The predicted octanol–water partition coefficient (Wildman–Crippen LogP) is 4.40. The highest BCUT2D eigenvalue weighted by atomic mass is 19.1. The molecular weight excluding hydrogens is 355 g/mol. The average molecular weight is 373 g/mol. The zero-order valence-corrected chi connectivity index (χ0v) is 14.5. The summed E-state index contributed by atoms with van der Waals surface area (Å²) in [4.78, 5) is 14.5. The van der Waals surface area contributed by atoms with Crippen molar-refractivity contribution < 1.29 is 22.7 Å². The van der Waals surface area contributed by atoms with Gasteiger partial charge in [-0.15, -0.1) is 0 Å². The summed E-state index contributed by atoms with van der Waals surface area (Å²) in [6.45, 7) is 1.57. The molecule has 5 rings (SSSR count). The summed E-state index contributed by atoms with van der Waals surface area (Å²) in [7, 11) is 0. The van der Waals surface area contributed by atoms with Crippen molar-refractivity contribution in [2.24, 2.45) is 5.92 Å². The summed E-state index contributed by atoms with van der Waals surface area (Å²) >= 11 is 0. The highest BCUT2D eigenvalue weighted by Crippen LogP contribution is 2.38. The van der Waals surface area contributed by atoms with E-state index in [1.54, 1.807) is 24.3 Å². The van der Waals surface area contributed by atoms with Gasteiger partial charge in [-0.1, -0.05) is 24.3 Å². The summed E-state index contributed by atoms with van der Waals surface area (Å²) in [5, 5.41) is 0. The highest BCUT2D eigenvalue weighted by Gasteiger charge is 2.41. The molecule has 3 heterocycles. The van der Waals surface area contributed by atoms with Crippen LogP contribution < -0.4 is 0 Å². The lowest BCUT2D eigenvalue weighted by Crippen LogP contribution is -2.50. The molecule has 27 heavy (non-hydrogen) atoms. The lowest BCUT2D eigenvalue weighted by Gasteiger charge is -2.47. The van der Waals surface area contributed by atoms with Crippen LogP contribution in [-0.2, 0) is 4.74 Å². The Kier molecular flexibility index (Phi) is 4.64. The number of piperidine rings is 3. The molecule has 3 aliphatic rings.